The number of nitrogens with one attached hydrogen (secondary N) is 1. The average Bonchev–Trinajstić information content (AvgIpc) is 2.43. The zero-order chi connectivity index (χ0) is 13.9. The fourth-order valence-electron chi connectivity index (χ4n) is 1.55. The van der Waals surface area contributed by atoms with Gasteiger partial charge in [-0.25, -0.2) is 0 Å². The Morgan fingerprint density at radius 3 is 2.67 bits per heavy atom. The highest BCUT2D eigenvalue weighted by molar-refractivity contribution is 7.80. The van der Waals surface area contributed by atoms with Crippen LogP contribution in [0.4, 0.5) is 13.2 Å². The van der Waals surface area contributed by atoms with Gasteiger partial charge in [0.1, 0.15) is 6.54 Å². The van der Waals surface area contributed by atoms with E-state index in [1.807, 2.05) is 0 Å². The third-order valence-electron chi connectivity index (χ3n) is 2.33. The van der Waals surface area contributed by atoms with Crippen LogP contribution in [0.15, 0.2) is 11.2 Å². The van der Waals surface area contributed by atoms with E-state index in [0.29, 0.717) is 17.0 Å². The molecule has 100 valence electrons. The first-order valence-electron chi connectivity index (χ1n) is 5.02. The summed E-state index contributed by atoms with van der Waals surface area (Å²) in [6.07, 6.45) is -2.87. The van der Waals surface area contributed by atoms with Crippen LogP contribution in [0, 0.1) is 13.8 Å². The van der Waals surface area contributed by atoms with E-state index in [2.05, 4.69) is 22.7 Å². The van der Waals surface area contributed by atoms with Crippen LogP contribution in [0.1, 0.15) is 17.0 Å². The first kappa shape index (κ1) is 14.5. The largest absolute Gasteiger partial charge is 0.406 e. The molecule has 4 nitrogen and oxygen atoms in total. The molecule has 0 aliphatic heterocycles. The van der Waals surface area contributed by atoms with Gasteiger partial charge in [0.15, 0.2) is 5.11 Å². The Morgan fingerprint density at radius 2 is 2.17 bits per heavy atom. The number of aromatic nitrogens is 1. The second-order valence-electron chi connectivity index (χ2n) is 3.76. The lowest BCUT2D eigenvalue weighted by molar-refractivity contribution is -0.141. The van der Waals surface area contributed by atoms with Crippen molar-refractivity contribution in [3.8, 4) is 0 Å². The Hall–Kier alpha value is -1.57. The minimum atomic E-state index is -4.25. The number of nitrogens with zero attached hydrogens (tertiary/aromatic N) is 2. The number of hydrogen-bond donors (Lipinski definition) is 2. The molecule has 1 aromatic rings. The molecule has 3 N–H and O–H groups in total. The zero-order valence-electron chi connectivity index (χ0n) is 9.88. The number of halogens is 3. The molecule has 1 heterocycles. The van der Waals surface area contributed by atoms with Gasteiger partial charge < -0.3 is 10.3 Å². The number of hydrogen-bond acceptors (Lipinski definition) is 2. The van der Waals surface area contributed by atoms with Crippen LogP contribution in [0.2, 0.25) is 0 Å². The lowest BCUT2D eigenvalue weighted by Crippen LogP contribution is -2.24. The lowest BCUT2D eigenvalue weighted by atomic mass is 10.3. The molecular weight excluding hydrogens is 265 g/mol. The summed E-state index contributed by atoms with van der Waals surface area (Å²) in [5.74, 6) is 0. The summed E-state index contributed by atoms with van der Waals surface area (Å²) < 4.78 is 38.3. The summed E-state index contributed by atoms with van der Waals surface area (Å²) >= 11 is 4.55. The molecule has 0 saturated heterocycles. The van der Waals surface area contributed by atoms with Gasteiger partial charge in [-0.1, -0.05) is 0 Å². The Labute approximate surface area is 108 Å². The van der Waals surface area contributed by atoms with E-state index in [1.54, 1.807) is 19.9 Å². The van der Waals surface area contributed by atoms with Crippen molar-refractivity contribution in [2.24, 2.45) is 10.8 Å². The molecule has 0 unspecified atom stereocenters. The summed E-state index contributed by atoms with van der Waals surface area (Å²) in [5, 5.41) is 3.71. The Kier molecular flexibility index (Phi) is 4.33. The van der Waals surface area contributed by atoms with Gasteiger partial charge in [-0.3, -0.25) is 5.43 Å². The summed E-state index contributed by atoms with van der Waals surface area (Å²) in [7, 11) is 0. The maximum atomic E-state index is 12.4. The fourth-order valence-corrected chi connectivity index (χ4v) is 1.60. The van der Waals surface area contributed by atoms with Crippen molar-refractivity contribution < 1.29 is 13.2 Å². The SMILES string of the molecule is Cc1cc(/C=N\NC(N)=S)c(C)n1CC(F)(F)F. The molecule has 0 aliphatic rings. The Morgan fingerprint density at radius 1 is 1.56 bits per heavy atom. The summed E-state index contributed by atoms with van der Waals surface area (Å²) in [4.78, 5) is 0. The number of rotatable bonds is 3. The third kappa shape index (κ3) is 4.02. The predicted octanol–water partition coefficient (Wildman–Crippen LogP) is 1.83. The molecule has 0 radical (unpaired) electrons. The average molecular weight is 278 g/mol. The van der Waals surface area contributed by atoms with Crippen LogP contribution in [0.25, 0.3) is 0 Å². The number of nitrogens with two attached hydrogens (primary N) is 1. The molecule has 0 aromatic carbocycles. The van der Waals surface area contributed by atoms with E-state index >= 15 is 0 Å². The van der Waals surface area contributed by atoms with Crippen LogP contribution < -0.4 is 11.2 Å². The molecule has 0 amide bonds. The Balaban J connectivity index is 2.94. The van der Waals surface area contributed by atoms with Crippen LogP contribution in [-0.4, -0.2) is 22.1 Å². The molecule has 0 atom stereocenters. The van der Waals surface area contributed by atoms with Gasteiger partial charge in [-0.15, -0.1) is 0 Å². The monoisotopic (exact) mass is 278 g/mol. The van der Waals surface area contributed by atoms with E-state index < -0.39 is 12.7 Å². The third-order valence-corrected chi connectivity index (χ3v) is 2.42. The van der Waals surface area contributed by atoms with Crippen molar-refractivity contribution in [2.75, 3.05) is 0 Å². The quantitative estimate of drug-likeness (QED) is 0.504. The summed E-state index contributed by atoms with van der Waals surface area (Å²) in [6.45, 7) is 2.19. The van der Waals surface area contributed by atoms with Gasteiger partial charge in [0.25, 0.3) is 0 Å². The Bertz CT molecular complexity index is 476. The molecular formula is C10H13F3N4S. The summed E-state index contributed by atoms with van der Waals surface area (Å²) in [5.41, 5.74) is 9.09. The van der Waals surface area contributed by atoms with E-state index in [-0.39, 0.29) is 5.11 Å². The molecule has 1 rings (SSSR count). The van der Waals surface area contributed by atoms with E-state index in [9.17, 15) is 13.2 Å². The predicted molar refractivity (Wildman–Crippen MR) is 67.5 cm³/mol. The number of hydrazone groups is 1. The number of thiocarbonyl (C=S) groups is 1. The second-order valence-corrected chi connectivity index (χ2v) is 4.20. The molecule has 0 bridgehead atoms. The van der Waals surface area contributed by atoms with Crippen molar-refractivity contribution in [3.05, 3.63) is 23.0 Å². The first-order valence-corrected chi connectivity index (χ1v) is 5.43. The smallest absolute Gasteiger partial charge is 0.375 e. The van der Waals surface area contributed by atoms with Gasteiger partial charge in [-0.2, -0.15) is 18.3 Å². The van der Waals surface area contributed by atoms with Crippen LogP contribution in [-0.2, 0) is 6.54 Å². The standard InChI is InChI=1S/C10H13F3N4S/c1-6-3-8(4-15-16-9(14)18)7(2)17(6)5-10(11,12)13/h3-4H,5H2,1-2H3,(H3,14,16,18)/b15-4-. The summed E-state index contributed by atoms with van der Waals surface area (Å²) in [6, 6.07) is 1.62. The molecule has 0 fully saturated rings. The van der Waals surface area contributed by atoms with Gasteiger partial charge in [0.2, 0.25) is 0 Å². The molecule has 8 heteroatoms. The van der Waals surface area contributed by atoms with Crippen LogP contribution in [0.5, 0.6) is 0 Å². The highest BCUT2D eigenvalue weighted by Gasteiger charge is 2.29. The van der Waals surface area contributed by atoms with Crippen molar-refractivity contribution >= 4 is 23.5 Å². The van der Waals surface area contributed by atoms with Crippen molar-refractivity contribution in [3.63, 3.8) is 0 Å². The van der Waals surface area contributed by atoms with Crippen molar-refractivity contribution in [1.29, 1.82) is 0 Å². The highest BCUT2D eigenvalue weighted by atomic mass is 32.1. The molecule has 1 aromatic heterocycles. The maximum Gasteiger partial charge on any atom is 0.406 e. The van der Waals surface area contributed by atoms with E-state index in [0.717, 1.165) is 0 Å². The molecule has 18 heavy (non-hydrogen) atoms. The minimum absolute atomic E-state index is 0.00431. The van der Waals surface area contributed by atoms with Gasteiger partial charge in [0.05, 0.1) is 6.21 Å². The zero-order valence-corrected chi connectivity index (χ0v) is 10.7. The van der Waals surface area contributed by atoms with E-state index in [1.165, 1.54) is 10.8 Å². The van der Waals surface area contributed by atoms with Crippen molar-refractivity contribution in [2.45, 2.75) is 26.6 Å². The number of aryl methyl sites for hydroxylation is 1. The van der Waals surface area contributed by atoms with E-state index in [4.69, 9.17) is 5.73 Å². The highest BCUT2D eigenvalue weighted by Crippen LogP contribution is 2.22. The van der Waals surface area contributed by atoms with Crippen LogP contribution in [0.3, 0.4) is 0 Å². The van der Waals surface area contributed by atoms with Gasteiger partial charge in [0, 0.05) is 17.0 Å². The minimum Gasteiger partial charge on any atom is -0.375 e. The molecule has 0 aliphatic carbocycles. The number of alkyl halides is 3. The molecule has 0 spiro atoms. The van der Waals surface area contributed by atoms with Crippen molar-refractivity contribution in [1.82, 2.24) is 9.99 Å². The lowest BCUT2D eigenvalue weighted by Gasteiger charge is -2.12. The normalized spacial score (nSPS) is 12.1. The molecule has 0 saturated carbocycles. The van der Waals surface area contributed by atoms with Gasteiger partial charge in [-0.05, 0) is 32.1 Å². The first-order chi connectivity index (χ1) is 8.20. The van der Waals surface area contributed by atoms with Gasteiger partial charge >= 0.3 is 6.18 Å². The topological polar surface area (TPSA) is 55.3 Å². The fraction of sp³-hybridized carbons (Fsp3) is 0.400. The van der Waals surface area contributed by atoms with Crippen LogP contribution >= 0.6 is 12.2 Å². The maximum absolute atomic E-state index is 12.4. The second kappa shape index (κ2) is 5.38.